The summed E-state index contributed by atoms with van der Waals surface area (Å²) in [6, 6.07) is 20.6. The highest BCUT2D eigenvalue weighted by molar-refractivity contribution is 5.73. The molecule has 2 aliphatic rings. The molecule has 0 radical (unpaired) electrons. The van der Waals surface area contributed by atoms with Crippen molar-refractivity contribution >= 4 is 5.97 Å². The normalized spacial score (nSPS) is 22.5. The largest absolute Gasteiger partial charge is 0.480 e. The lowest BCUT2D eigenvalue weighted by Crippen LogP contribution is -2.44. The molecule has 3 atom stereocenters. The second kappa shape index (κ2) is 11.6. The third-order valence-corrected chi connectivity index (χ3v) is 8.23. The maximum atomic E-state index is 12.1. The van der Waals surface area contributed by atoms with Crippen LogP contribution in [0.4, 0.5) is 0 Å². The summed E-state index contributed by atoms with van der Waals surface area (Å²) in [4.78, 5) is 21.4. The molecule has 1 aromatic heterocycles. The van der Waals surface area contributed by atoms with Crippen LogP contribution < -0.4 is 0 Å². The summed E-state index contributed by atoms with van der Waals surface area (Å²) < 4.78 is 6.16. The molecule has 0 amide bonds. The number of rotatable bonds is 9. The highest BCUT2D eigenvalue weighted by Crippen LogP contribution is 2.37. The lowest BCUT2D eigenvalue weighted by Gasteiger charge is -2.34. The molecule has 6 heteroatoms. The zero-order valence-corrected chi connectivity index (χ0v) is 22.0. The Morgan fingerprint density at radius 1 is 1.03 bits per heavy atom. The van der Waals surface area contributed by atoms with Crippen LogP contribution in [0, 0.1) is 11.8 Å². The van der Waals surface area contributed by atoms with Gasteiger partial charge in [0, 0.05) is 37.9 Å². The van der Waals surface area contributed by atoms with Crippen molar-refractivity contribution in [1.29, 1.82) is 0 Å². The molecular formula is C31H39N3O3. The van der Waals surface area contributed by atoms with E-state index in [1.165, 1.54) is 11.1 Å². The summed E-state index contributed by atoms with van der Waals surface area (Å²) in [6.07, 6.45) is 4.79. The molecule has 3 heterocycles. The van der Waals surface area contributed by atoms with E-state index in [4.69, 9.17) is 4.42 Å². The van der Waals surface area contributed by atoms with Crippen LogP contribution in [0.5, 0.6) is 0 Å². The Kier molecular flexibility index (Phi) is 8.06. The number of carboxylic acid groups (broad SMARTS) is 1. The summed E-state index contributed by atoms with van der Waals surface area (Å²) in [5.74, 6) is 2.37. The van der Waals surface area contributed by atoms with Crippen molar-refractivity contribution < 1.29 is 14.3 Å². The highest BCUT2D eigenvalue weighted by atomic mass is 16.4. The molecular weight excluding hydrogens is 462 g/mol. The molecule has 2 saturated heterocycles. The van der Waals surface area contributed by atoms with Crippen molar-refractivity contribution in [3.63, 3.8) is 0 Å². The average Bonchev–Trinajstić information content (AvgIpc) is 3.53. The first-order chi connectivity index (χ1) is 18.0. The molecule has 0 bridgehead atoms. The zero-order chi connectivity index (χ0) is 25.8. The van der Waals surface area contributed by atoms with Gasteiger partial charge in [0.05, 0.1) is 6.20 Å². The second-order valence-corrected chi connectivity index (χ2v) is 11.2. The standard InChI is InChI=1S/C31H39N3O3/c1-22(2)30(31(35)36)34-20-26(27(21-34)24-11-7-4-8-12-24)19-33-15-13-25(14-16-33)28-18-32-29(37-28)17-23-9-5-3-6-10-23/h3-12,18,22,25-27,30H,13-17,19-21H2,1-2H3,(H,35,36)/t26-,27+,30+/m0/s1. The minimum absolute atomic E-state index is 0.0807. The van der Waals surface area contributed by atoms with Gasteiger partial charge in [-0.05, 0) is 48.9 Å². The van der Waals surface area contributed by atoms with E-state index >= 15 is 0 Å². The van der Waals surface area contributed by atoms with Crippen molar-refractivity contribution in [3.05, 3.63) is 89.6 Å². The molecule has 196 valence electrons. The number of aliphatic carboxylic acids is 1. The lowest BCUT2D eigenvalue weighted by atomic mass is 9.87. The topological polar surface area (TPSA) is 69.8 Å². The van der Waals surface area contributed by atoms with Crippen LogP contribution >= 0.6 is 0 Å². The van der Waals surface area contributed by atoms with E-state index in [0.29, 0.717) is 17.8 Å². The number of hydrogen-bond acceptors (Lipinski definition) is 5. The van der Waals surface area contributed by atoms with E-state index in [2.05, 4.69) is 57.2 Å². The summed E-state index contributed by atoms with van der Waals surface area (Å²) in [6.45, 7) is 8.74. The van der Waals surface area contributed by atoms with Crippen LogP contribution in [-0.2, 0) is 11.2 Å². The molecule has 5 rings (SSSR count). The van der Waals surface area contributed by atoms with Crippen molar-refractivity contribution in [1.82, 2.24) is 14.8 Å². The number of piperidine rings is 1. The second-order valence-electron chi connectivity index (χ2n) is 11.2. The maximum absolute atomic E-state index is 12.1. The Morgan fingerprint density at radius 3 is 2.35 bits per heavy atom. The molecule has 0 saturated carbocycles. The SMILES string of the molecule is CC(C)[C@H](C(=O)O)N1C[C@H](CN2CCC(c3cnc(Cc4ccccc4)o3)CC2)[C@@H](c2ccccc2)C1. The summed E-state index contributed by atoms with van der Waals surface area (Å²) in [5.41, 5.74) is 2.54. The van der Waals surface area contributed by atoms with Gasteiger partial charge in [-0.1, -0.05) is 74.5 Å². The number of likely N-dealkylation sites (tertiary alicyclic amines) is 2. The van der Waals surface area contributed by atoms with E-state index in [1.54, 1.807) is 0 Å². The summed E-state index contributed by atoms with van der Waals surface area (Å²) >= 11 is 0. The summed E-state index contributed by atoms with van der Waals surface area (Å²) in [5, 5.41) is 9.92. The molecule has 1 N–H and O–H groups in total. The van der Waals surface area contributed by atoms with Crippen LogP contribution in [0.25, 0.3) is 0 Å². The molecule has 6 nitrogen and oxygen atoms in total. The molecule has 37 heavy (non-hydrogen) atoms. The molecule has 0 unspecified atom stereocenters. The van der Waals surface area contributed by atoms with Crippen molar-refractivity contribution in [2.45, 2.75) is 51.0 Å². The Labute approximate surface area is 220 Å². The van der Waals surface area contributed by atoms with Gasteiger partial charge in [0.25, 0.3) is 0 Å². The van der Waals surface area contributed by atoms with Crippen LogP contribution in [0.2, 0.25) is 0 Å². The number of carbonyl (C=O) groups is 1. The van der Waals surface area contributed by atoms with Crippen molar-refractivity contribution in [2.75, 3.05) is 32.7 Å². The minimum atomic E-state index is -0.707. The number of aromatic nitrogens is 1. The minimum Gasteiger partial charge on any atom is -0.480 e. The highest BCUT2D eigenvalue weighted by Gasteiger charge is 2.41. The van der Waals surface area contributed by atoms with Gasteiger partial charge in [-0.2, -0.15) is 0 Å². The van der Waals surface area contributed by atoms with Gasteiger partial charge in [0.15, 0.2) is 5.89 Å². The average molecular weight is 502 g/mol. The first kappa shape index (κ1) is 25.7. The predicted molar refractivity (Wildman–Crippen MR) is 145 cm³/mol. The number of carboxylic acids is 1. The molecule has 2 aromatic carbocycles. The van der Waals surface area contributed by atoms with E-state index in [1.807, 2.05) is 38.2 Å². The van der Waals surface area contributed by atoms with Crippen LogP contribution in [0.15, 0.2) is 71.3 Å². The third kappa shape index (κ3) is 6.13. The zero-order valence-electron chi connectivity index (χ0n) is 22.0. The van der Waals surface area contributed by atoms with E-state index in [9.17, 15) is 9.90 Å². The first-order valence-electron chi connectivity index (χ1n) is 13.7. The number of hydrogen-bond donors (Lipinski definition) is 1. The molecule has 2 fully saturated rings. The predicted octanol–water partition coefficient (Wildman–Crippen LogP) is 5.27. The number of nitrogens with zero attached hydrogens (tertiary/aromatic N) is 3. The van der Waals surface area contributed by atoms with Crippen LogP contribution in [0.3, 0.4) is 0 Å². The maximum Gasteiger partial charge on any atom is 0.321 e. The smallest absolute Gasteiger partial charge is 0.321 e. The Morgan fingerprint density at radius 2 is 1.70 bits per heavy atom. The Balaban J connectivity index is 1.21. The molecule has 0 aliphatic carbocycles. The van der Waals surface area contributed by atoms with Gasteiger partial charge in [0.1, 0.15) is 11.8 Å². The van der Waals surface area contributed by atoms with Gasteiger partial charge in [0.2, 0.25) is 0 Å². The van der Waals surface area contributed by atoms with E-state index in [0.717, 1.165) is 63.6 Å². The lowest BCUT2D eigenvalue weighted by molar-refractivity contribution is -0.144. The monoisotopic (exact) mass is 501 g/mol. The summed E-state index contributed by atoms with van der Waals surface area (Å²) in [7, 11) is 0. The third-order valence-electron chi connectivity index (χ3n) is 8.23. The van der Waals surface area contributed by atoms with Gasteiger partial charge in [-0.15, -0.1) is 0 Å². The Bertz CT molecular complexity index is 1140. The molecule has 2 aliphatic heterocycles. The van der Waals surface area contributed by atoms with Crippen LogP contribution in [0.1, 0.15) is 61.3 Å². The fourth-order valence-electron chi connectivity index (χ4n) is 6.35. The van der Waals surface area contributed by atoms with E-state index < -0.39 is 12.0 Å². The van der Waals surface area contributed by atoms with Gasteiger partial charge < -0.3 is 14.4 Å². The van der Waals surface area contributed by atoms with Gasteiger partial charge >= 0.3 is 5.97 Å². The quantitative estimate of drug-likeness (QED) is 0.431. The number of oxazole rings is 1. The molecule has 3 aromatic rings. The van der Waals surface area contributed by atoms with Gasteiger partial charge in [-0.3, -0.25) is 9.69 Å². The number of benzene rings is 2. The fraction of sp³-hybridized carbons (Fsp3) is 0.484. The van der Waals surface area contributed by atoms with Crippen molar-refractivity contribution in [3.8, 4) is 0 Å². The van der Waals surface area contributed by atoms with E-state index in [-0.39, 0.29) is 5.92 Å². The molecule has 0 spiro atoms. The van der Waals surface area contributed by atoms with Gasteiger partial charge in [-0.25, -0.2) is 4.98 Å². The first-order valence-corrected chi connectivity index (χ1v) is 13.7. The van der Waals surface area contributed by atoms with Crippen molar-refractivity contribution in [2.24, 2.45) is 11.8 Å². The fourth-order valence-corrected chi connectivity index (χ4v) is 6.35. The Hall–Kier alpha value is -2.96. The van der Waals surface area contributed by atoms with Crippen LogP contribution in [-0.4, -0.2) is 64.6 Å².